The number of hydrogen-bond acceptors (Lipinski definition) is 4. The second kappa shape index (κ2) is 5.82. The van der Waals surface area contributed by atoms with Crippen LogP contribution in [0.15, 0.2) is 5.51 Å². The molecule has 4 nitrogen and oxygen atoms in total. The van der Waals surface area contributed by atoms with Crippen molar-refractivity contribution >= 4 is 17.2 Å². The molecule has 0 spiro atoms. The molecular weight excluding hydrogens is 272 g/mol. The van der Waals surface area contributed by atoms with Gasteiger partial charge < -0.3 is 10.0 Å². The fourth-order valence-corrected chi connectivity index (χ4v) is 3.76. The normalized spacial score (nSPS) is 23.1. The van der Waals surface area contributed by atoms with E-state index in [9.17, 15) is 9.90 Å². The van der Waals surface area contributed by atoms with Crippen LogP contribution in [0, 0.1) is 5.92 Å². The zero-order valence-electron chi connectivity index (χ0n) is 12.7. The average molecular weight is 296 g/mol. The maximum atomic E-state index is 12.6. The number of aliphatic hydroxyl groups excluding tert-OH is 1. The molecule has 1 N–H and O–H groups in total. The molecule has 1 fully saturated rings. The van der Waals surface area contributed by atoms with Gasteiger partial charge in [-0.15, -0.1) is 11.3 Å². The molecule has 20 heavy (non-hydrogen) atoms. The zero-order chi connectivity index (χ0) is 14.9. The van der Waals surface area contributed by atoms with Crippen LogP contribution in [-0.4, -0.2) is 40.6 Å². The standard InChI is InChI=1S/C15H24N2O2S/c1-15(2,3)13-12(20-9-16-13)14(19)17(4)8-10-6-5-7-11(10)18/h9-11,18H,5-8H2,1-4H3. The molecule has 112 valence electrons. The topological polar surface area (TPSA) is 53.4 Å². The van der Waals surface area contributed by atoms with E-state index in [0.29, 0.717) is 6.54 Å². The molecule has 2 unspecified atom stereocenters. The van der Waals surface area contributed by atoms with Crippen molar-refractivity contribution < 1.29 is 9.90 Å². The highest BCUT2D eigenvalue weighted by molar-refractivity contribution is 7.11. The van der Waals surface area contributed by atoms with E-state index in [0.717, 1.165) is 29.8 Å². The van der Waals surface area contributed by atoms with Crippen LogP contribution in [0.4, 0.5) is 0 Å². The lowest BCUT2D eigenvalue weighted by Gasteiger charge is -2.24. The Morgan fingerprint density at radius 2 is 2.20 bits per heavy atom. The number of amides is 1. The smallest absolute Gasteiger partial charge is 0.265 e. The minimum Gasteiger partial charge on any atom is -0.393 e. The number of hydrogen-bond donors (Lipinski definition) is 1. The van der Waals surface area contributed by atoms with Crippen LogP contribution in [0.5, 0.6) is 0 Å². The first-order valence-electron chi connectivity index (χ1n) is 7.18. The molecule has 1 aromatic rings. The Kier molecular flexibility index (Phi) is 4.49. The van der Waals surface area contributed by atoms with Gasteiger partial charge in [-0.05, 0) is 12.8 Å². The molecule has 1 heterocycles. The fraction of sp³-hybridized carbons (Fsp3) is 0.733. The summed E-state index contributed by atoms with van der Waals surface area (Å²) in [6, 6.07) is 0. The summed E-state index contributed by atoms with van der Waals surface area (Å²) in [7, 11) is 1.82. The molecule has 5 heteroatoms. The van der Waals surface area contributed by atoms with Gasteiger partial charge in [-0.1, -0.05) is 27.2 Å². The van der Waals surface area contributed by atoms with E-state index in [2.05, 4.69) is 25.8 Å². The second-order valence-electron chi connectivity index (χ2n) is 6.72. The summed E-state index contributed by atoms with van der Waals surface area (Å²) < 4.78 is 0. The van der Waals surface area contributed by atoms with E-state index in [1.54, 1.807) is 10.4 Å². The molecule has 0 bridgehead atoms. The van der Waals surface area contributed by atoms with Gasteiger partial charge in [-0.25, -0.2) is 4.98 Å². The maximum Gasteiger partial charge on any atom is 0.265 e. The lowest BCUT2D eigenvalue weighted by atomic mass is 9.91. The van der Waals surface area contributed by atoms with Crippen LogP contribution >= 0.6 is 11.3 Å². The van der Waals surface area contributed by atoms with Gasteiger partial charge in [0.25, 0.3) is 5.91 Å². The monoisotopic (exact) mass is 296 g/mol. The number of thiazole rings is 1. The van der Waals surface area contributed by atoms with Crippen molar-refractivity contribution in [3.05, 3.63) is 16.1 Å². The summed E-state index contributed by atoms with van der Waals surface area (Å²) in [6.45, 7) is 6.83. The van der Waals surface area contributed by atoms with E-state index >= 15 is 0 Å². The van der Waals surface area contributed by atoms with Crippen LogP contribution in [0.2, 0.25) is 0 Å². The summed E-state index contributed by atoms with van der Waals surface area (Å²) in [4.78, 5) is 19.4. The SMILES string of the molecule is CN(CC1CCCC1O)C(=O)c1scnc1C(C)(C)C. The molecule has 1 aliphatic rings. The second-order valence-corrected chi connectivity index (χ2v) is 7.58. The predicted octanol–water partition coefficient (Wildman–Crippen LogP) is 2.67. The summed E-state index contributed by atoms with van der Waals surface area (Å²) >= 11 is 1.41. The van der Waals surface area contributed by atoms with Crippen molar-refractivity contribution in [2.24, 2.45) is 5.92 Å². The van der Waals surface area contributed by atoms with Crippen LogP contribution in [-0.2, 0) is 5.41 Å². The van der Waals surface area contributed by atoms with Gasteiger partial charge in [-0.2, -0.15) is 0 Å². The molecule has 1 amide bonds. The summed E-state index contributed by atoms with van der Waals surface area (Å²) in [5.74, 6) is 0.242. The third-order valence-corrected chi connectivity index (χ3v) is 4.76. The molecular formula is C15H24N2O2S. The van der Waals surface area contributed by atoms with Crippen molar-refractivity contribution in [3.63, 3.8) is 0 Å². The van der Waals surface area contributed by atoms with Crippen LogP contribution in [0.3, 0.4) is 0 Å². The lowest BCUT2D eigenvalue weighted by molar-refractivity contribution is 0.0695. The number of rotatable bonds is 3. The van der Waals surface area contributed by atoms with Crippen molar-refractivity contribution in [2.75, 3.05) is 13.6 Å². The number of carbonyl (C=O) groups excluding carboxylic acids is 1. The van der Waals surface area contributed by atoms with Crippen molar-refractivity contribution in [2.45, 2.75) is 51.6 Å². The quantitative estimate of drug-likeness (QED) is 0.933. The number of aromatic nitrogens is 1. The minimum absolute atomic E-state index is 0.0246. The van der Waals surface area contributed by atoms with E-state index < -0.39 is 0 Å². The molecule has 1 aromatic heterocycles. The van der Waals surface area contributed by atoms with Crippen molar-refractivity contribution in [3.8, 4) is 0 Å². The molecule has 1 saturated carbocycles. The van der Waals surface area contributed by atoms with E-state index in [1.807, 2.05) is 7.05 Å². The molecule has 0 aliphatic heterocycles. The van der Waals surface area contributed by atoms with E-state index in [1.165, 1.54) is 11.3 Å². The third-order valence-electron chi connectivity index (χ3n) is 3.95. The summed E-state index contributed by atoms with van der Waals surface area (Å²) in [5, 5.41) is 9.89. The zero-order valence-corrected chi connectivity index (χ0v) is 13.5. The molecule has 2 rings (SSSR count). The van der Waals surface area contributed by atoms with E-state index in [-0.39, 0.29) is 23.3 Å². The number of aliphatic hydroxyl groups is 1. The van der Waals surface area contributed by atoms with Gasteiger partial charge in [0.15, 0.2) is 0 Å². The summed E-state index contributed by atoms with van der Waals surface area (Å²) in [5.41, 5.74) is 2.48. The highest BCUT2D eigenvalue weighted by Gasteiger charge is 2.30. The Bertz CT molecular complexity index is 478. The summed E-state index contributed by atoms with van der Waals surface area (Å²) in [6.07, 6.45) is 2.67. The highest BCUT2D eigenvalue weighted by atomic mass is 32.1. The van der Waals surface area contributed by atoms with Crippen molar-refractivity contribution in [1.82, 2.24) is 9.88 Å². The van der Waals surface area contributed by atoms with Gasteiger partial charge in [-0.3, -0.25) is 4.79 Å². The first-order chi connectivity index (χ1) is 9.30. The number of nitrogens with zero attached hydrogens (tertiary/aromatic N) is 2. The third kappa shape index (κ3) is 3.20. The molecule has 0 aromatic carbocycles. The Morgan fingerprint density at radius 3 is 2.75 bits per heavy atom. The van der Waals surface area contributed by atoms with Gasteiger partial charge in [0, 0.05) is 24.9 Å². The Balaban J connectivity index is 2.09. The first kappa shape index (κ1) is 15.4. The predicted molar refractivity (Wildman–Crippen MR) is 81.1 cm³/mol. The van der Waals surface area contributed by atoms with Gasteiger partial charge >= 0.3 is 0 Å². The highest BCUT2D eigenvalue weighted by Crippen LogP contribution is 2.30. The molecule has 0 radical (unpaired) electrons. The van der Waals surface area contributed by atoms with Gasteiger partial charge in [0.05, 0.1) is 17.3 Å². The Labute approximate surface area is 124 Å². The van der Waals surface area contributed by atoms with Crippen LogP contribution in [0.1, 0.15) is 55.4 Å². The largest absolute Gasteiger partial charge is 0.393 e. The molecule has 2 atom stereocenters. The average Bonchev–Trinajstić information content (AvgIpc) is 2.97. The van der Waals surface area contributed by atoms with Crippen LogP contribution < -0.4 is 0 Å². The Morgan fingerprint density at radius 1 is 1.50 bits per heavy atom. The fourth-order valence-electron chi connectivity index (χ4n) is 2.77. The Hall–Kier alpha value is -0.940. The van der Waals surface area contributed by atoms with E-state index in [4.69, 9.17) is 0 Å². The van der Waals surface area contributed by atoms with Gasteiger partial charge in [0.1, 0.15) is 4.88 Å². The number of carbonyl (C=O) groups is 1. The maximum absolute atomic E-state index is 12.6. The first-order valence-corrected chi connectivity index (χ1v) is 8.06. The van der Waals surface area contributed by atoms with Crippen LogP contribution in [0.25, 0.3) is 0 Å². The lowest BCUT2D eigenvalue weighted by Crippen LogP contribution is -2.35. The molecule has 0 saturated heterocycles. The van der Waals surface area contributed by atoms with Crippen molar-refractivity contribution in [1.29, 1.82) is 0 Å². The van der Waals surface area contributed by atoms with Gasteiger partial charge in [0.2, 0.25) is 0 Å². The molecule has 1 aliphatic carbocycles. The minimum atomic E-state index is -0.256.